The number of rotatable bonds is 4. The SMILES string of the molecule is COC(=O)C(Nc1ncncc1Br)C(C)C. The molecular formula is C10H14BrN3O2. The number of aromatic nitrogens is 2. The molecule has 0 bridgehead atoms. The molecule has 0 spiro atoms. The third-order valence-electron chi connectivity index (χ3n) is 2.08. The van der Waals surface area contributed by atoms with Gasteiger partial charge in [0, 0.05) is 6.20 Å². The van der Waals surface area contributed by atoms with Crippen molar-refractivity contribution in [2.45, 2.75) is 19.9 Å². The third-order valence-corrected chi connectivity index (χ3v) is 2.66. The van der Waals surface area contributed by atoms with E-state index in [4.69, 9.17) is 4.74 Å². The number of hydrogen-bond acceptors (Lipinski definition) is 5. The molecule has 1 aromatic heterocycles. The van der Waals surface area contributed by atoms with E-state index in [0.29, 0.717) is 10.3 Å². The van der Waals surface area contributed by atoms with Gasteiger partial charge in [-0.2, -0.15) is 0 Å². The Labute approximate surface area is 103 Å². The van der Waals surface area contributed by atoms with Gasteiger partial charge in [-0.15, -0.1) is 0 Å². The van der Waals surface area contributed by atoms with E-state index in [2.05, 4.69) is 31.2 Å². The van der Waals surface area contributed by atoms with Gasteiger partial charge < -0.3 is 10.1 Å². The zero-order valence-electron chi connectivity index (χ0n) is 9.40. The molecule has 1 unspecified atom stereocenters. The average molecular weight is 288 g/mol. The summed E-state index contributed by atoms with van der Waals surface area (Å²) in [6, 6.07) is -0.420. The number of ether oxygens (including phenoxy) is 1. The van der Waals surface area contributed by atoms with Crippen molar-refractivity contribution in [3.8, 4) is 0 Å². The predicted molar refractivity (Wildman–Crippen MR) is 64.0 cm³/mol. The largest absolute Gasteiger partial charge is 0.467 e. The maximum absolute atomic E-state index is 11.5. The molecule has 88 valence electrons. The van der Waals surface area contributed by atoms with E-state index in [1.807, 2.05) is 13.8 Å². The minimum atomic E-state index is -0.420. The van der Waals surface area contributed by atoms with Gasteiger partial charge in [-0.05, 0) is 21.8 Å². The minimum Gasteiger partial charge on any atom is -0.467 e. The van der Waals surface area contributed by atoms with Crippen molar-refractivity contribution in [2.75, 3.05) is 12.4 Å². The first kappa shape index (κ1) is 12.9. The number of nitrogens with one attached hydrogen (secondary N) is 1. The number of hydrogen-bond donors (Lipinski definition) is 1. The first-order valence-corrected chi connectivity index (χ1v) is 5.65. The standard InChI is InChI=1S/C10H14BrN3O2/c1-6(2)8(10(15)16-3)14-9-7(11)4-12-5-13-9/h4-6,8H,1-3H3,(H,12,13,14). The Bertz CT molecular complexity index is 371. The number of anilines is 1. The van der Waals surface area contributed by atoms with Gasteiger partial charge in [0.15, 0.2) is 0 Å². The minimum absolute atomic E-state index is 0.106. The Kier molecular flexibility index (Phi) is 4.67. The van der Waals surface area contributed by atoms with Gasteiger partial charge in [0.2, 0.25) is 0 Å². The molecule has 0 radical (unpaired) electrons. The Morgan fingerprint density at radius 3 is 2.75 bits per heavy atom. The number of nitrogens with zero attached hydrogens (tertiary/aromatic N) is 2. The monoisotopic (exact) mass is 287 g/mol. The second kappa shape index (κ2) is 5.79. The van der Waals surface area contributed by atoms with Gasteiger partial charge in [-0.3, -0.25) is 0 Å². The summed E-state index contributed by atoms with van der Waals surface area (Å²) in [5.74, 6) is 0.383. The molecule has 1 heterocycles. The summed E-state index contributed by atoms with van der Waals surface area (Å²) < 4.78 is 5.44. The van der Waals surface area contributed by atoms with Gasteiger partial charge >= 0.3 is 5.97 Å². The van der Waals surface area contributed by atoms with Gasteiger partial charge in [0.05, 0.1) is 11.6 Å². The molecule has 0 amide bonds. The van der Waals surface area contributed by atoms with Crippen LogP contribution >= 0.6 is 15.9 Å². The Morgan fingerprint density at radius 1 is 1.56 bits per heavy atom. The Balaban J connectivity index is 2.84. The number of carbonyl (C=O) groups excluding carboxylic acids is 1. The van der Waals surface area contributed by atoms with E-state index < -0.39 is 6.04 Å². The van der Waals surface area contributed by atoms with Crippen molar-refractivity contribution in [2.24, 2.45) is 5.92 Å². The quantitative estimate of drug-likeness (QED) is 0.857. The van der Waals surface area contributed by atoms with Crippen molar-refractivity contribution >= 4 is 27.7 Å². The molecule has 6 heteroatoms. The normalized spacial score (nSPS) is 12.3. The molecule has 16 heavy (non-hydrogen) atoms. The highest BCUT2D eigenvalue weighted by molar-refractivity contribution is 9.10. The van der Waals surface area contributed by atoms with Gasteiger partial charge in [0.25, 0.3) is 0 Å². The van der Waals surface area contributed by atoms with E-state index in [1.165, 1.54) is 13.4 Å². The van der Waals surface area contributed by atoms with Crippen LogP contribution in [0.2, 0.25) is 0 Å². The van der Waals surface area contributed by atoms with Crippen molar-refractivity contribution in [3.05, 3.63) is 17.0 Å². The highest BCUT2D eigenvalue weighted by Gasteiger charge is 2.23. The van der Waals surface area contributed by atoms with Gasteiger partial charge in [0.1, 0.15) is 18.2 Å². The van der Waals surface area contributed by atoms with E-state index in [-0.39, 0.29) is 11.9 Å². The van der Waals surface area contributed by atoms with Crippen molar-refractivity contribution in [1.29, 1.82) is 0 Å². The highest BCUT2D eigenvalue weighted by Crippen LogP contribution is 2.20. The summed E-state index contributed by atoms with van der Waals surface area (Å²) in [7, 11) is 1.37. The molecule has 0 aliphatic carbocycles. The molecule has 1 N–H and O–H groups in total. The summed E-state index contributed by atoms with van der Waals surface area (Å²) in [5, 5.41) is 3.02. The van der Waals surface area contributed by atoms with Crippen LogP contribution in [0.1, 0.15) is 13.8 Å². The lowest BCUT2D eigenvalue weighted by atomic mass is 10.1. The van der Waals surface area contributed by atoms with Crippen molar-refractivity contribution in [3.63, 3.8) is 0 Å². The van der Waals surface area contributed by atoms with E-state index >= 15 is 0 Å². The first-order chi connectivity index (χ1) is 7.56. The molecule has 0 saturated heterocycles. The Morgan fingerprint density at radius 2 is 2.25 bits per heavy atom. The van der Waals surface area contributed by atoms with Crippen LogP contribution in [0.25, 0.3) is 0 Å². The molecular weight excluding hydrogens is 274 g/mol. The van der Waals surface area contributed by atoms with E-state index in [9.17, 15) is 4.79 Å². The maximum Gasteiger partial charge on any atom is 0.328 e. The Hall–Kier alpha value is -1.17. The molecule has 0 aromatic carbocycles. The molecule has 1 rings (SSSR count). The fourth-order valence-electron chi connectivity index (χ4n) is 1.19. The van der Waals surface area contributed by atoms with Crippen LogP contribution in [-0.4, -0.2) is 29.1 Å². The fourth-order valence-corrected chi connectivity index (χ4v) is 1.53. The second-order valence-corrected chi connectivity index (χ2v) is 4.46. The van der Waals surface area contributed by atoms with Crippen LogP contribution < -0.4 is 5.32 Å². The van der Waals surface area contributed by atoms with E-state index in [0.717, 1.165) is 0 Å². The smallest absolute Gasteiger partial charge is 0.328 e. The third kappa shape index (κ3) is 3.16. The van der Waals surface area contributed by atoms with Crippen molar-refractivity contribution in [1.82, 2.24) is 9.97 Å². The topological polar surface area (TPSA) is 64.1 Å². The molecule has 1 atom stereocenters. The average Bonchev–Trinajstić information content (AvgIpc) is 2.26. The summed E-state index contributed by atoms with van der Waals surface area (Å²) in [4.78, 5) is 19.4. The summed E-state index contributed by atoms with van der Waals surface area (Å²) in [6.45, 7) is 3.87. The van der Waals surface area contributed by atoms with Crippen LogP contribution in [0.15, 0.2) is 17.0 Å². The summed E-state index contributed by atoms with van der Waals surface area (Å²) in [6.07, 6.45) is 3.03. The molecule has 0 aliphatic rings. The van der Waals surface area contributed by atoms with Crippen LogP contribution in [0.3, 0.4) is 0 Å². The van der Waals surface area contributed by atoms with Crippen LogP contribution in [0.4, 0.5) is 5.82 Å². The molecule has 0 aliphatic heterocycles. The van der Waals surface area contributed by atoms with Gasteiger partial charge in [-0.1, -0.05) is 13.8 Å². The lowest BCUT2D eigenvalue weighted by molar-refractivity contribution is -0.142. The fraction of sp³-hybridized carbons (Fsp3) is 0.500. The number of carbonyl (C=O) groups is 1. The number of methoxy groups -OCH3 is 1. The van der Waals surface area contributed by atoms with E-state index in [1.54, 1.807) is 6.20 Å². The second-order valence-electron chi connectivity index (χ2n) is 3.61. The van der Waals surface area contributed by atoms with Gasteiger partial charge in [-0.25, -0.2) is 14.8 Å². The van der Waals surface area contributed by atoms with Crippen LogP contribution in [-0.2, 0) is 9.53 Å². The molecule has 0 saturated carbocycles. The molecule has 1 aromatic rings. The molecule has 5 nitrogen and oxygen atoms in total. The summed E-state index contributed by atoms with van der Waals surface area (Å²) in [5.41, 5.74) is 0. The maximum atomic E-state index is 11.5. The van der Waals surface area contributed by atoms with Crippen LogP contribution in [0, 0.1) is 5.92 Å². The lowest BCUT2D eigenvalue weighted by Gasteiger charge is -2.20. The zero-order valence-corrected chi connectivity index (χ0v) is 11.0. The summed E-state index contributed by atoms with van der Waals surface area (Å²) >= 11 is 3.31. The highest BCUT2D eigenvalue weighted by atomic mass is 79.9. The lowest BCUT2D eigenvalue weighted by Crippen LogP contribution is -2.35. The van der Waals surface area contributed by atoms with Crippen molar-refractivity contribution < 1.29 is 9.53 Å². The predicted octanol–water partition coefficient (Wildman–Crippen LogP) is 1.85. The zero-order chi connectivity index (χ0) is 12.1. The first-order valence-electron chi connectivity index (χ1n) is 4.86. The molecule has 0 fully saturated rings. The van der Waals surface area contributed by atoms with Crippen LogP contribution in [0.5, 0.6) is 0 Å². The number of esters is 1. The number of halogens is 1.